The number of ether oxygens (including phenoxy) is 1. The van der Waals surface area contributed by atoms with Gasteiger partial charge in [0.15, 0.2) is 5.03 Å². The van der Waals surface area contributed by atoms with Crippen LogP contribution in [-0.4, -0.2) is 62.4 Å². The van der Waals surface area contributed by atoms with Crippen molar-refractivity contribution >= 4 is 10.0 Å². The Morgan fingerprint density at radius 1 is 1.57 bits per heavy atom. The third kappa shape index (κ3) is 3.80. The van der Waals surface area contributed by atoms with Crippen molar-refractivity contribution in [3.63, 3.8) is 0 Å². The number of nitrogens with two attached hydrogens (primary N) is 1. The number of likely N-dealkylation sites (N-methyl/N-ethyl adjacent to an activating group) is 1. The van der Waals surface area contributed by atoms with Crippen LogP contribution in [0.5, 0.6) is 0 Å². The van der Waals surface area contributed by atoms with Crippen LogP contribution in [0.1, 0.15) is 18.2 Å². The quantitative estimate of drug-likeness (QED) is 0.631. The fraction of sp³-hybridized carbons (Fsp3) is 0.750. The minimum atomic E-state index is -3.68. The lowest BCUT2D eigenvalue weighted by molar-refractivity contribution is -0.0229. The van der Waals surface area contributed by atoms with Gasteiger partial charge in [-0.15, -0.1) is 0 Å². The predicted molar refractivity (Wildman–Crippen MR) is 78.3 cm³/mol. The fourth-order valence-electron chi connectivity index (χ4n) is 2.35. The van der Waals surface area contributed by atoms with E-state index in [2.05, 4.69) is 26.7 Å². The van der Waals surface area contributed by atoms with Crippen LogP contribution in [-0.2, 0) is 21.3 Å². The summed E-state index contributed by atoms with van der Waals surface area (Å²) in [4.78, 5) is 2.23. The standard InChI is InChI=1S/C12H23N5O3S/c1-3-17-4-5-20-10(8-17)7-14-21(18,19)12-11(6-13)9(2)15-16-12/h10,14H,3-8,13H2,1-2H3,(H,15,16). The van der Waals surface area contributed by atoms with Crippen molar-refractivity contribution < 1.29 is 13.2 Å². The van der Waals surface area contributed by atoms with Crippen LogP contribution in [0.25, 0.3) is 0 Å². The largest absolute Gasteiger partial charge is 0.374 e. The van der Waals surface area contributed by atoms with Crippen molar-refractivity contribution in [2.45, 2.75) is 31.5 Å². The number of morpholine rings is 1. The van der Waals surface area contributed by atoms with Gasteiger partial charge in [-0.3, -0.25) is 10.00 Å². The van der Waals surface area contributed by atoms with E-state index in [0.717, 1.165) is 19.6 Å². The van der Waals surface area contributed by atoms with Crippen molar-refractivity contribution in [3.05, 3.63) is 11.3 Å². The van der Waals surface area contributed by atoms with Crippen LogP contribution in [0.3, 0.4) is 0 Å². The van der Waals surface area contributed by atoms with Crippen molar-refractivity contribution in [1.29, 1.82) is 0 Å². The summed E-state index contributed by atoms with van der Waals surface area (Å²) in [6.45, 7) is 7.34. The number of rotatable bonds is 6. The lowest BCUT2D eigenvalue weighted by atomic mass is 10.3. The molecule has 1 fully saturated rings. The predicted octanol–water partition coefficient (Wildman–Crippen LogP) is -0.824. The van der Waals surface area contributed by atoms with Crippen LogP contribution >= 0.6 is 0 Å². The number of nitrogens with one attached hydrogen (secondary N) is 2. The van der Waals surface area contributed by atoms with E-state index in [0.29, 0.717) is 17.9 Å². The molecule has 8 nitrogen and oxygen atoms in total. The highest BCUT2D eigenvalue weighted by Gasteiger charge is 2.26. The monoisotopic (exact) mass is 317 g/mol. The minimum Gasteiger partial charge on any atom is -0.374 e. The summed E-state index contributed by atoms with van der Waals surface area (Å²) >= 11 is 0. The van der Waals surface area contributed by atoms with Crippen LogP contribution in [0.2, 0.25) is 0 Å². The summed E-state index contributed by atoms with van der Waals surface area (Å²) < 4.78 is 32.7. The number of sulfonamides is 1. The van der Waals surface area contributed by atoms with Crippen LogP contribution < -0.4 is 10.5 Å². The zero-order valence-corrected chi connectivity index (χ0v) is 13.2. The molecule has 2 rings (SSSR count). The Hall–Kier alpha value is -1.00. The van der Waals surface area contributed by atoms with Crippen LogP contribution in [0.15, 0.2) is 5.03 Å². The molecule has 1 aliphatic heterocycles. The molecule has 21 heavy (non-hydrogen) atoms. The van der Waals surface area contributed by atoms with E-state index in [4.69, 9.17) is 10.5 Å². The average Bonchev–Trinajstić information content (AvgIpc) is 2.87. The maximum Gasteiger partial charge on any atom is 0.260 e. The van der Waals surface area contributed by atoms with Crippen molar-refractivity contribution in [2.24, 2.45) is 5.73 Å². The summed E-state index contributed by atoms with van der Waals surface area (Å²) in [6.07, 6.45) is -0.144. The van der Waals surface area contributed by atoms with Gasteiger partial charge in [-0.2, -0.15) is 5.10 Å². The van der Waals surface area contributed by atoms with E-state index in [9.17, 15) is 8.42 Å². The zero-order valence-electron chi connectivity index (χ0n) is 12.4. The Bertz CT molecular complexity index is 571. The summed E-state index contributed by atoms with van der Waals surface area (Å²) in [5, 5.41) is 6.48. The Labute approximate surface area is 125 Å². The Morgan fingerprint density at radius 2 is 2.33 bits per heavy atom. The van der Waals surface area contributed by atoms with Gasteiger partial charge in [0, 0.05) is 37.4 Å². The van der Waals surface area contributed by atoms with Gasteiger partial charge in [-0.05, 0) is 13.5 Å². The first-order valence-corrected chi connectivity index (χ1v) is 8.53. The molecule has 9 heteroatoms. The summed E-state index contributed by atoms with van der Waals surface area (Å²) in [7, 11) is -3.68. The molecular weight excluding hydrogens is 294 g/mol. The lowest BCUT2D eigenvalue weighted by Gasteiger charge is -2.32. The maximum absolute atomic E-state index is 12.3. The second-order valence-corrected chi connectivity index (χ2v) is 6.76. The van der Waals surface area contributed by atoms with E-state index in [1.165, 1.54) is 0 Å². The Kier molecular flexibility index (Phi) is 5.33. The number of aromatic amines is 1. The third-order valence-corrected chi connectivity index (χ3v) is 5.06. The van der Waals surface area contributed by atoms with Crippen LogP contribution in [0.4, 0.5) is 0 Å². The number of aryl methyl sites for hydroxylation is 1. The minimum absolute atomic E-state index is 0.0225. The zero-order chi connectivity index (χ0) is 15.5. The highest BCUT2D eigenvalue weighted by atomic mass is 32.2. The first-order valence-electron chi connectivity index (χ1n) is 7.05. The van der Waals surface area contributed by atoms with Crippen molar-refractivity contribution in [1.82, 2.24) is 19.8 Å². The lowest BCUT2D eigenvalue weighted by Crippen LogP contribution is -2.47. The highest BCUT2D eigenvalue weighted by molar-refractivity contribution is 7.89. The topological polar surface area (TPSA) is 113 Å². The molecule has 120 valence electrons. The molecule has 1 atom stereocenters. The highest BCUT2D eigenvalue weighted by Crippen LogP contribution is 2.15. The number of nitrogens with zero attached hydrogens (tertiary/aromatic N) is 2. The third-order valence-electron chi connectivity index (χ3n) is 3.67. The van der Waals surface area contributed by atoms with Gasteiger partial charge in [0.25, 0.3) is 10.0 Å². The summed E-state index contributed by atoms with van der Waals surface area (Å²) in [5.74, 6) is 0. The molecule has 1 saturated heterocycles. The van der Waals surface area contributed by atoms with Crippen LogP contribution in [0, 0.1) is 6.92 Å². The van der Waals surface area contributed by atoms with Gasteiger partial charge in [-0.1, -0.05) is 6.92 Å². The maximum atomic E-state index is 12.3. The number of aromatic nitrogens is 2. The first-order chi connectivity index (χ1) is 9.97. The summed E-state index contributed by atoms with van der Waals surface area (Å²) in [5.41, 5.74) is 6.77. The fourth-order valence-corrected chi connectivity index (χ4v) is 3.62. The van der Waals surface area contributed by atoms with Crippen molar-refractivity contribution in [2.75, 3.05) is 32.8 Å². The average molecular weight is 317 g/mol. The molecule has 0 aliphatic carbocycles. The van der Waals surface area contributed by atoms with Gasteiger partial charge in [0.1, 0.15) is 0 Å². The Balaban J connectivity index is 2.01. The second-order valence-electron chi connectivity index (χ2n) is 5.07. The molecule has 0 spiro atoms. The van der Waals surface area contributed by atoms with Crippen molar-refractivity contribution in [3.8, 4) is 0 Å². The van der Waals surface area contributed by atoms with E-state index < -0.39 is 10.0 Å². The molecule has 0 amide bonds. The van der Waals surface area contributed by atoms with E-state index >= 15 is 0 Å². The molecule has 0 saturated carbocycles. The van der Waals surface area contributed by atoms with Gasteiger partial charge in [0.05, 0.1) is 12.7 Å². The smallest absolute Gasteiger partial charge is 0.260 e. The molecule has 4 N–H and O–H groups in total. The molecule has 0 bridgehead atoms. The van der Waals surface area contributed by atoms with E-state index in [1.54, 1.807) is 6.92 Å². The molecule has 2 heterocycles. The van der Waals surface area contributed by atoms with Gasteiger partial charge >= 0.3 is 0 Å². The summed E-state index contributed by atoms with van der Waals surface area (Å²) in [6, 6.07) is 0. The Morgan fingerprint density at radius 3 is 3.00 bits per heavy atom. The van der Waals surface area contributed by atoms with Gasteiger partial charge in [0.2, 0.25) is 0 Å². The molecule has 0 aromatic carbocycles. The van der Waals surface area contributed by atoms with Gasteiger partial charge < -0.3 is 10.5 Å². The molecular formula is C12H23N5O3S. The molecule has 0 radical (unpaired) electrons. The molecule has 1 aliphatic rings. The second kappa shape index (κ2) is 6.84. The SMILES string of the molecule is CCN1CCOC(CNS(=O)(=O)c2n[nH]c(C)c2CN)C1. The first kappa shape index (κ1) is 16.4. The number of H-pyrrole nitrogens is 1. The number of hydrogen-bond donors (Lipinski definition) is 3. The van der Waals surface area contributed by atoms with E-state index in [-0.39, 0.29) is 24.2 Å². The number of hydrogen-bond acceptors (Lipinski definition) is 6. The molecule has 1 aromatic rings. The van der Waals surface area contributed by atoms with E-state index in [1.807, 2.05) is 0 Å². The normalized spacial score (nSPS) is 20.8. The molecule has 1 aromatic heterocycles. The van der Waals surface area contributed by atoms with Gasteiger partial charge in [-0.25, -0.2) is 13.1 Å². The molecule has 1 unspecified atom stereocenters.